The third-order valence-corrected chi connectivity index (χ3v) is 6.78. The second-order valence-corrected chi connectivity index (χ2v) is 7.98. The molecule has 4 nitrogen and oxygen atoms in total. The van der Waals surface area contributed by atoms with Crippen LogP contribution in [-0.2, 0) is 10.0 Å². The Labute approximate surface area is 127 Å². The van der Waals surface area contributed by atoms with Crippen LogP contribution >= 0.6 is 27.5 Å². The standard InChI is InChI=1S/C12H16BrClN2O2S/c1-8-7-16(6-5-10(8)15)19(17,18)11-4-2-3-9(13)12(11)14/h2-4,8,10H,5-7,15H2,1H3. The Hall–Kier alpha value is -0.140. The maximum Gasteiger partial charge on any atom is 0.244 e. The summed E-state index contributed by atoms with van der Waals surface area (Å²) in [6.45, 7) is 2.85. The number of hydrogen-bond donors (Lipinski definition) is 1. The van der Waals surface area contributed by atoms with Gasteiger partial charge in [-0.3, -0.25) is 0 Å². The third kappa shape index (κ3) is 2.97. The van der Waals surface area contributed by atoms with Gasteiger partial charge in [0.2, 0.25) is 10.0 Å². The van der Waals surface area contributed by atoms with E-state index in [-0.39, 0.29) is 21.9 Å². The third-order valence-electron chi connectivity index (χ3n) is 3.47. The molecule has 0 aliphatic carbocycles. The fourth-order valence-electron chi connectivity index (χ4n) is 2.17. The van der Waals surface area contributed by atoms with Gasteiger partial charge >= 0.3 is 0 Å². The van der Waals surface area contributed by atoms with Crippen LogP contribution in [0, 0.1) is 5.92 Å². The molecular formula is C12H16BrClN2O2S. The van der Waals surface area contributed by atoms with Crippen molar-refractivity contribution in [3.8, 4) is 0 Å². The van der Waals surface area contributed by atoms with Crippen LogP contribution in [0.2, 0.25) is 5.02 Å². The van der Waals surface area contributed by atoms with Crippen molar-refractivity contribution in [2.75, 3.05) is 13.1 Å². The van der Waals surface area contributed by atoms with Crippen molar-refractivity contribution in [3.05, 3.63) is 27.7 Å². The molecule has 1 heterocycles. The van der Waals surface area contributed by atoms with Gasteiger partial charge in [-0.15, -0.1) is 0 Å². The zero-order chi connectivity index (χ0) is 14.2. The summed E-state index contributed by atoms with van der Waals surface area (Å²) >= 11 is 9.33. The highest BCUT2D eigenvalue weighted by atomic mass is 79.9. The Balaban J connectivity index is 2.35. The molecule has 0 amide bonds. The highest BCUT2D eigenvalue weighted by Gasteiger charge is 2.33. The first kappa shape index (κ1) is 15.3. The maximum absolute atomic E-state index is 12.6. The fourth-order valence-corrected chi connectivity index (χ4v) is 4.72. The molecule has 106 valence electrons. The number of piperidine rings is 1. The first-order valence-corrected chi connectivity index (χ1v) is 8.65. The SMILES string of the molecule is CC1CN(S(=O)(=O)c2cccc(Br)c2Cl)CCC1N. The van der Waals surface area contributed by atoms with E-state index in [4.69, 9.17) is 17.3 Å². The molecule has 1 aliphatic heterocycles. The monoisotopic (exact) mass is 366 g/mol. The molecular weight excluding hydrogens is 352 g/mol. The van der Waals surface area contributed by atoms with Crippen molar-refractivity contribution in [1.82, 2.24) is 4.31 Å². The zero-order valence-corrected chi connectivity index (χ0v) is 13.7. The van der Waals surface area contributed by atoms with Gasteiger partial charge in [-0.25, -0.2) is 8.42 Å². The molecule has 1 aromatic rings. The van der Waals surface area contributed by atoms with Gasteiger partial charge in [-0.05, 0) is 40.4 Å². The Morgan fingerprint density at radius 2 is 2.16 bits per heavy atom. The van der Waals surface area contributed by atoms with Crippen molar-refractivity contribution in [2.45, 2.75) is 24.3 Å². The van der Waals surface area contributed by atoms with E-state index in [2.05, 4.69) is 15.9 Å². The topological polar surface area (TPSA) is 63.4 Å². The maximum atomic E-state index is 12.6. The number of halogens is 2. The number of benzene rings is 1. The van der Waals surface area contributed by atoms with Crippen molar-refractivity contribution < 1.29 is 8.42 Å². The van der Waals surface area contributed by atoms with E-state index in [1.54, 1.807) is 12.1 Å². The Morgan fingerprint density at radius 1 is 1.47 bits per heavy atom. The molecule has 1 aliphatic rings. The minimum Gasteiger partial charge on any atom is -0.327 e. The lowest BCUT2D eigenvalue weighted by molar-refractivity contribution is 0.250. The van der Waals surface area contributed by atoms with E-state index in [0.29, 0.717) is 24.0 Å². The number of rotatable bonds is 2. The summed E-state index contributed by atoms with van der Waals surface area (Å²) in [5, 5.41) is 0.227. The molecule has 1 fully saturated rings. The summed E-state index contributed by atoms with van der Waals surface area (Å²) in [6.07, 6.45) is 0.673. The lowest BCUT2D eigenvalue weighted by Gasteiger charge is -2.34. The van der Waals surface area contributed by atoms with E-state index >= 15 is 0 Å². The van der Waals surface area contributed by atoms with E-state index < -0.39 is 10.0 Å². The molecule has 7 heteroatoms. The van der Waals surface area contributed by atoms with Crippen LogP contribution in [0.1, 0.15) is 13.3 Å². The van der Waals surface area contributed by atoms with Gasteiger partial charge in [0, 0.05) is 23.6 Å². The quantitative estimate of drug-likeness (QED) is 0.873. The molecule has 2 rings (SSSR count). The Morgan fingerprint density at radius 3 is 2.79 bits per heavy atom. The van der Waals surface area contributed by atoms with Crippen LogP contribution in [0.25, 0.3) is 0 Å². The minimum absolute atomic E-state index is 0.0597. The van der Waals surface area contributed by atoms with Gasteiger partial charge in [0.05, 0.1) is 5.02 Å². The van der Waals surface area contributed by atoms with Gasteiger partial charge in [-0.2, -0.15) is 4.31 Å². The molecule has 0 aromatic heterocycles. The van der Waals surface area contributed by atoms with Crippen molar-refractivity contribution in [2.24, 2.45) is 11.7 Å². The van der Waals surface area contributed by atoms with E-state index in [0.717, 1.165) is 0 Å². The summed E-state index contributed by atoms with van der Waals surface area (Å²) in [4.78, 5) is 0.145. The molecule has 2 unspecified atom stereocenters. The number of nitrogens with zero attached hydrogens (tertiary/aromatic N) is 1. The average molecular weight is 368 g/mol. The normalized spacial score (nSPS) is 25.5. The molecule has 19 heavy (non-hydrogen) atoms. The van der Waals surface area contributed by atoms with Crippen LogP contribution < -0.4 is 5.73 Å². The zero-order valence-electron chi connectivity index (χ0n) is 10.5. The summed E-state index contributed by atoms with van der Waals surface area (Å²) in [7, 11) is -3.56. The molecule has 0 radical (unpaired) electrons. The van der Waals surface area contributed by atoms with Crippen molar-refractivity contribution in [3.63, 3.8) is 0 Å². The molecule has 0 bridgehead atoms. The van der Waals surface area contributed by atoms with Gasteiger partial charge in [0.15, 0.2) is 0 Å². The smallest absolute Gasteiger partial charge is 0.244 e. The first-order valence-electron chi connectivity index (χ1n) is 6.03. The molecule has 2 atom stereocenters. The van der Waals surface area contributed by atoms with E-state index in [9.17, 15) is 8.42 Å². The second-order valence-electron chi connectivity index (χ2n) is 4.84. The van der Waals surface area contributed by atoms with Gasteiger partial charge in [0.1, 0.15) is 4.90 Å². The fraction of sp³-hybridized carbons (Fsp3) is 0.500. The average Bonchev–Trinajstić information content (AvgIpc) is 2.35. The van der Waals surface area contributed by atoms with Crippen molar-refractivity contribution in [1.29, 1.82) is 0 Å². The molecule has 0 saturated carbocycles. The lowest BCUT2D eigenvalue weighted by Crippen LogP contribution is -2.48. The first-order chi connectivity index (χ1) is 8.84. The molecule has 0 spiro atoms. The number of nitrogens with two attached hydrogens (primary N) is 1. The minimum atomic E-state index is -3.56. The van der Waals surface area contributed by atoms with Crippen LogP contribution in [-0.4, -0.2) is 31.9 Å². The predicted molar refractivity (Wildman–Crippen MR) is 79.7 cm³/mol. The number of sulfonamides is 1. The molecule has 1 aromatic carbocycles. The van der Waals surface area contributed by atoms with Crippen molar-refractivity contribution >= 4 is 37.6 Å². The van der Waals surface area contributed by atoms with E-state index in [1.807, 2.05) is 6.92 Å². The second kappa shape index (κ2) is 5.69. The highest BCUT2D eigenvalue weighted by Crippen LogP contribution is 2.32. The van der Waals surface area contributed by atoms with Crippen LogP contribution in [0.4, 0.5) is 0 Å². The van der Waals surface area contributed by atoms with Crippen LogP contribution in [0.15, 0.2) is 27.6 Å². The van der Waals surface area contributed by atoms with Gasteiger partial charge in [-0.1, -0.05) is 24.6 Å². The largest absolute Gasteiger partial charge is 0.327 e. The Bertz CT molecular complexity index is 579. The lowest BCUT2D eigenvalue weighted by atomic mass is 9.96. The summed E-state index contributed by atoms with van der Waals surface area (Å²) in [6, 6.07) is 4.98. The van der Waals surface area contributed by atoms with Gasteiger partial charge in [0.25, 0.3) is 0 Å². The van der Waals surface area contributed by atoms with E-state index in [1.165, 1.54) is 10.4 Å². The predicted octanol–water partition coefficient (Wildman–Crippen LogP) is 2.46. The van der Waals surface area contributed by atoms with Gasteiger partial charge < -0.3 is 5.73 Å². The summed E-state index contributed by atoms with van der Waals surface area (Å²) in [5.41, 5.74) is 5.92. The van der Waals surface area contributed by atoms with Crippen LogP contribution in [0.3, 0.4) is 0 Å². The molecule has 1 saturated heterocycles. The molecule has 2 N–H and O–H groups in total. The summed E-state index contributed by atoms with van der Waals surface area (Å²) in [5.74, 6) is 0.148. The van der Waals surface area contributed by atoms with Crippen LogP contribution in [0.5, 0.6) is 0 Å². The highest BCUT2D eigenvalue weighted by molar-refractivity contribution is 9.10. The number of hydrogen-bond acceptors (Lipinski definition) is 3. The summed E-state index contributed by atoms with van der Waals surface area (Å²) < 4.78 is 27.2. The Kier molecular flexibility index (Phi) is 4.57.